The number of aromatic nitrogens is 4. The molecular formula is C13H15ClN6O6S3. The lowest BCUT2D eigenvalue weighted by Gasteiger charge is -2.49. The van der Waals surface area contributed by atoms with Crippen molar-refractivity contribution in [1.29, 1.82) is 0 Å². The molecule has 16 heteroatoms. The Balaban J connectivity index is 1.75. The van der Waals surface area contributed by atoms with Crippen molar-refractivity contribution >= 4 is 62.7 Å². The Morgan fingerprint density at radius 3 is 2.72 bits per heavy atom. The van der Waals surface area contributed by atoms with Gasteiger partial charge >= 0.3 is 5.97 Å². The van der Waals surface area contributed by atoms with Gasteiger partial charge in [0.15, 0.2) is 9.84 Å². The number of sulfone groups is 1. The smallest absolute Gasteiger partial charge is 0.352 e. The van der Waals surface area contributed by atoms with E-state index in [0.717, 1.165) is 11.2 Å². The van der Waals surface area contributed by atoms with Crippen molar-refractivity contribution in [3.8, 4) is 0 Å². The second-order valence-corrected chi connectivity index (χ2v) is 11.0. The quantitative estimate of drug-likeness (QED) is 0.268. The topological polar surface area (TPSA) is 164 Å². The Kier molecular flexibility index (Phi) is 6.12. The number of carboxylic acid groups (broad SMARTS) is 1. The number of nitrogens with zero attached hydrogens (tertiary/aromatic N) is 5. The minimum Gasteiger partial charge on any atom is -0.477 e. The summed E-state index contributed by atoms with van der Waals surface area (Å²) in [4.78, 5) is 37.4. The summed E-state index contributed by atoms with van der Waals surface area (Å²) in [5.74, 6) is -2.38. The minimum absolute atomic E-state index is 0.155. The first kappa shape index (κ1) is 21.9. The van der Waals surface area contributed by atoms with E-state index in [1.54, 1.807) is 7.05 Å². The molecule has 2 aliphatic heterocycles. The molecule has 0 bridgehead atoms. The van der Waals surface area contributed by atoms with Gasteiger partial charge in [0.1, 0.15) is 17.1 Å². The average Bonchev–Trinajstić information content (AvgIpc) is 3.06. The first-order chi connectivity index (χ1) is 13.5. The van der Waals surface area contributed by atoms with Crippen molar-refractivity contribution in [2.75, 3.05) is 17.8 Å². The molecule has 2 aliphatic rings. The second kappa shape index (κ2) is 8.12. The number of carboxylic acids is 1. The van der Waals surface area contributed by atoms with E-state index >= 15 is 0 Å². The van der Waals surface area contributed by atoms with Crippen molar-refractivity contribution in [3.05, 3.63) is 11.3 Å². The summed E-state index contributed by atoms with van der Waals surface area (Å²) in [6, 6.07) is -1.05. The Bertz CT molecular complexity index is 1010. The second-order valence-electron chi connectivity index (χ2n) is 6.17. The predicted octanol–water partition coefficient (Wildman–Crippen LogP) is -1.35. The van der Waals surface area contributed by atoms with Gasteiger partial charge in [0, 0.05) is 24.8 Å². The molecule has 2 unspecified atom stereocenters. The van der Waals surface area contributed by atoms with Crippen LogP contribution >= 0.6 is 35.1 Å². The van der Waals surface area contributed by atoms with Gasteiger partial charge in [-0.2, -0.15) is 0 Å². The molecule has 0 aliphatic carbocycles. The van der Waals surface area contributed by atoms with E-state index in [1.165, 1.54) is 28.2 Å². The van der Waals surface area contributed by atoms with Crippen molar-refractivity contribution in [1.82, 2.24) is 30.4 Å². The molecule has 1 aromatic heterocycles. The summed E-state index contributed by atoms with van der Waals surface area (Å²) in [6.07, 6.45) is 0.802. The molecule has 3 rings (SSSR count). The molecule has 2 N–H and O–H groups in total. The van der Waals surface area contributed by atoms with Crippen molar-refractivity contribution in [2.24, 2.45) is 7.05 Å². The van der Waals surface area contributed by atoms with E-state index in [2.05, 4.69) is 20.8 Å². The summed E-state index contributed by atoms with van der Waals surface area (Å²) in [6.45, 7) is 0. The lowest BCUT2D eigenvalue weighted by atomic mass is 10.0. The lowest BCUT2D eigenvalue weighted by Crippen LogP contribution is -2.71. The standard InChI is InChI=1S/C13H15ClN6O6S3/c1-19-13(16-17-18-19)28-4-5-3-27-11-6(10(22)20(11)7(5)12(23)24)15-9(21)8(14)29(2,25)26/h6,8,11H,3-4H2,1-2H3,(H,15,21)(H,23,24)/t6?,8?,11-/m0/s1. The Morgan fingerprint density at radius 1 is 1.48 bits per heavy atom. The zero-order valence-electron chi connectivity index (χ0n) is 15.0. The molecule has 1 aromatic rings. The van der Waals surface area contributed by atoms with Gasteiger partial charge in [0.05, 0.1) is 0 Å². The van der Waals surface area contributed by atoms with Gasteiger partial charge in [-0.15, -0.1) is 16.9 Å². The van der Waals surface area contributed by atoms with E-state index in [9.17, 15) is 27.9 Å². The maximum Gasteiger partial charge on any atom is 0.352 e. The monoisotopic (exact) mass is 482 g/mol. The lowest BCUT2D eigenvalue weighted by molar-refractivity contribution is -0.150. The number of thioether (sulfide) groups is 2. The van der Waals surface area contributed by atoms with Gasteiger partial charge in [-0.3, -0.25) is 14.5 Å². The number of nitrogens with one attached hydrogen (secondary N) is 1. The van der Waals surface area contributed by atoms with Crippen molar-refractivity contribution in [3.63, 3.8) is 0 Å². The average molecular weight is 483 g/mol. The Morgan fingerprint density at radius 2 is 2.17 bits per heavy atom. The van der Waals surface area contributed by atoms with Crippen LogP contribution in [0.5, 0.6) is 0 Å². The number of amides is 2. The molecule has 0 spiro atoms. The highest BCUT2D eigenvalue weighted by atomic mass is 35.5. The maximum atomic E-state index is 12.5. The molecule has 158 valence electrons. The number of β-lactam (4-membered cyclic amide) rings is 1. The van der Waals surface area contributed by atoms with Crippen molar-refractivity contribution < 1.29 is 27.9 Å². The number of rotatable bonds is 7. The molecule has 3 heterocycles. The Hall–Kier alpha value is -1.84. The van der Waals surface area contributed by atoms with Gasteiger partial charge in [0.25, 0.3) is 11.8 Å². The van der Waals surface area contributed by atoms with Gasteiger partial charge < -0.3 is 10.4 Å². The fraction of sp³-hybridized carbons (Fsp3) is 0.538. The van der Waals surface area contributed by atoms with Crippen LogP contribution in [-0.2, 0) is 31.3 Å². The molecule has 1 fully saturated rings. The van der Waals surface area contributed by atoms with E-state index in [1.807, 2.05) is 0 Å². The molecule has 29 heavy (non-hydrogen) atoms. The summed E-state index contributed by atoms with van der Waals surface area (Å²) in [5.41, 5.74) is 0.355. The third kappa shape index (κ3) is 4.22. The van der Waals surface area contributed by atoms with Crippen LogP contribution in [0.2, 0.25) is 0 Å². The molecule has 0 aromatic carbocycles. The number of aryl methyl sites for hydroxylation is 1. The van der Waals surface area contributed by atoms with Crippen LogP contribution in [-0.4, -0.2) is 90.3 Å². The first-order valence-corrected chi connectivity index (χ1v) is 12.3. The summed E-state index contributed by atoms with van der Waals surface area (Å²) in [5, 5.41) is 22.8. The summed E-state index contributed by atoms with van der Waals surface area (Å²) in [7, 11) is -2.20. The van der Waals surface area contributed by atoms with Crippen LogP contribution in [0.4, 0.5) is 0 Å². The highest BCUT2D eigenvalue weighted by Crippen LogP contribution is 2.41. The van der Waals surface area contributed by atoms with E-state index < -0.39 is 43.7 Å². The fourth-order valence-corrected chi connectivity index (χ4v) is 5.56. The number of aliphatic carboxylic acids is 1. The number of fused-ring (bicyclic) bond motifs is 1. The van der Waals surface area contributed by atoms with Crippen LogP contribution in [0.25, 0.3) is 0 Å². The number of carbonyl (C=O) groups is 3. The fourth-order valence-electron chi connectivity index (χ4n) is 2.70. The molecular weight excluding hydrogens is 468 g/mol. The SMILES string of the molecule is Cn1nnnc1SCC1=C(C(=O)O)N2C(=O)C(NC(=O)C(Cl)S(C)(=O)=O)[C@@H]2SC1. The predicted molar refractivity (Wildman–Crippen MR) is 104 cm³/mol. The Labute approximate surface area is 178 Å². The first-order valence-electron chi connectivity index (χ1n) is 7.90. The highest BCUT2D eigenvalue weighted by molar-refractivity contribution is 8.01. The van der Waals surface area contributed by atoms with Gasteiger partial charge in [0.2, 0.25) is 9.87 Å². The van der Waals surface area contributed by atoms with Gasteiger partial charge in [-0.25, -0.2) is 17.9 Å². The molecule has 1 saturated heterocycles. The summed E-state index contributed by atoms with van der Waals surface area (Å²) >= 11 is 8.09. The van der Waals surface area contributed by atoms with E-state index in [0.29, 0.717) is 16.5 Å². The number of alkyl halides is 1. The van der Waals surface area contributed by atoms with Crippen LogP contribution in [0.15, 0.2) is 16.4 Å². The van der Waals surface area contributed by atoms with Crippen LogP contribution in [0.1, 0.15) is 0 Å². The van der Waals surface area contributed by atoms with Crippen LogP contribution < -0.4 is 5.32 Å². The molecule has 0 saturated carbocycles. The third-order valence-corrected chi connectivity index (χ3v) is 8.66. The maximum absolute atomic E-state index is 12.5. The molecule has 2 amide bonds. The minimum atomic E-state index is -3.85. The molecule has 3 atom stereocenters. The highest BCUT2D eigenvalue weighted by Gasteiger charge is 2.54. The van der Waals surface area contributed by atoms with Gasteiger partial charge in [-0.05, 0) is 16.0 Å². The molecule has 12 nitrogen and oxygen atoms in total. The molecule has 0 radical (unpaired) electrons. The van der Waals surface area contributed by atoms with Crippen LogP contribution in [0, 0.1) is 0 Å². The van der Waals surface area contributed by atoms with E-state index in [-0.39, 0.29) is 11.4 Å². The summed E-state index contributed by atoms with van der Waals surface area (Å²) < 4.78 is 22.4. The normalized spacial score (nSPS) is 22.7. The largest absolute Gasteiger partial charge is 0.477 e. The zero-order chi connectivity index (χ0) is 21.5. The third-order valence-electron chi connectivity index (χ3n) is 4.09. The number of hydrogen-bond acceptors (Lipinski definition) is 10. The number of tetrazole rings is 1. The number of halogens is 1. The van der Waals surface area contributed by atoms with Gasteiger partial charge in [-0.1, -0.05) is 23.4 Å². The number of carbonyl (C=O) groups excluding carboxylic acids is 2. The van der Waals surface area contributed by atoms with Crippen LogP contribution in [0.3, 0.4) is 0 Å². The van der Waals surface area contributed by atoms with E-state index in [4.69, 9.17) is 11.6 Å². The zero-order valence-corrected chi connectivity index (χ0v) is 18.2. The van der Waals surface area contributed by atoms with Crippen molar-refractivity contribution in [2.45, 2.75) is 21.3 Å². The number of hydrogen-bond donors (Lipinski definition) is 2.